The Balaban J connectivity index is 1.45. The molecule has 1 atom stereocenters. The summed E-state index contributed by atoms with van der Waals surface area (Å²) in [5.41, 5.74) is 1.06. The Kier molecular flexibility index (Phi) is 7.65. The molecule has 15 heteroatoms. The van der Waals surface area contributed by atoms with Gasteiger partial charge < -0.3 is 19.2 Å². The normalized spacial score (nSPS) is 15.6. The molecule has 1 N–H and O–H groups in total. The molecule has 0 unspecified atom stereocenters. The van der Waals surface area contributed by atoms with E-state index in [9.17, 15) is 24.5 Å². The summed E-state index contributed by atoms with van der Waals surface area (Å²) in [4.78, 5) is 62.3. The molecular weight excluding hydrogens is 610 g/mol. The van der Waals surface area contributed by atoms with Gasteiger partial charge in [-0.25, -0.2) is 14.8 Å². The summed E-state index contributed by atoms with van der Waals surface area (Å²) < 4.78 is 18.0. The third-order valence-electron chi connectivity index (χ3n) is 6.76. The fourth-order valence-corrected chi connectivity index (χ4v) is 6.87. The number of nitro groups is 1. The molecule has 0 fully saturated rings. The topological polar surface area (TPSA) is 168 Å². The van der Waals surface area contributed by atoms with Crippen LogP contribution < -0.4 is 29.9 Å². The van der Waals surface area contributed by atoms with Crippen LogP contribution >= 0.6 is 23.1 Å². The maximum atomic E-state index is 13.9. The molecule has 0 amide bonds. The van der Waals surface area contributed by atoms with Crippen molar-refractivity contribution in [1.82, 2.24) is 14.5 Å². The summed E-state index contributed by atoms with van der Waals surface area (Å²) in [6.45, 7) is 5.22. The first-order valence-corrected chi connectivity index (χ1v) is 14.9. The van der Waals surface area contributed by atoms with Crippen molar-refractivity contribution in [3.05, 3.63) is 111 Å². The molecule has 2 aromatic carbocycles. The van der Waals surface area contributed by atoms with Crippen molar-refractivity contribution in [2.45, 2.75) is 36.9 Å². The lowest BCUT2D eigenvalue weighted by Gasteiger charge is -2.24. The number of nitrogens with zero attached hydrogens (tertiary/aromatic N) is 4. The quantitative estimate of drug-likeness (QED) is 0.138. The number of aromatic amines is 1. The van der Waals surface area contributed by atoms with Crippen molar-refractivity contribution in [1.29, 1.82) is 0 Å². The van der Waals surface area contributed by atoms with Crippen LogP contribution in [0.5, 0.6) is 11.5 Å². The van der Waals surface area contributed by atoms with Crippen LogP contribution in [-0.2, 0) is 9.53 Å². The van der Waals surface area contributed by atoms with Crippen molar-refractivity contribution in [3.63, 3.8) is 0 Å². The Morgan fingerprint density at radius 3 is 2.75 bits per heavy atom. The Morgan fingerprint density at radius 2 is 2.00 bits per heavy atom. The molecule has 4 heterocycles. The van der Waals surface area contributed by atoms with E-state index in [2.05, 4.69) is 15.0 Å². The van der Waals surface area contributed by atoms with E-state index >= 15 is 0 Å². The summed E-state index contributed by atoms with van der Waals surface area (Å²) in [7, 11) is 0. The van der Waals surface area contributed by atoms with Crippen LogP contribution in [-0.4, -0.2) is 38.8 Å². The van der Waals surface area contributed by atoms with Crippen LogP contribution in [0.2, 0.25) is 0 Å². The van der Waals surface area contributed by atoms with Gasteiger partial charge in [-0.3, -0.25) is 24.3 Å². The van der Waals surface area contributed by atoms with E-state index in [1.165, 1.54) is 28.8 Å². The van der Waals surface area contributed by atoms with Gasteiger partial charge in [-0.2, -0.15) is 0 Å². The van der Waals surface area contributed by atoms with Crippen LogP contribution in [0, 0.1) is 17.0 Å². The number of aromatic nitrogens is 3. The predicted molar refractivity (Wildman–Crippen MR) is 160 cm³/mol. The zero-order valence-electron chi connectivity index (χ0n) is 23.5. The Bertz CT molecular complexity index is 2130. The standard InChI is InChI=1S/C29H23N5O8S2/c1-4-40-27(37)24-15(3)31-29-33(25(24)17-6-7-19-20(12-17)42-13-41-19)26(36)22(44-29)11-16-5-8-21(18(10-16)34(38)39)43-28-30-14(2)9-23(35)32-28/h5-12,25H,4,13H2,1-3H3,(H,30,32,35)/b22-11+/t25-/m1/s1. The van der Waals surface area contributed by atoms with Gasteiger partial charge in [0, 0.05) is 17.8 Å². The minimum atomic E-state index is -0.862. The molecule has 0 radical (unpaired) electrons. The minimum Gasteiger partial charge on any atom is -0.463 e. The van der Waals surface area contributed by atoms with Crippen LogP contribution in [0.4, 0.5) is 5.69 Å². The number of fused-ring (bicyclic) bond motifs is 2. The number of hydrogen-bond donors (Lipinski definition) is 1. The summed E-state index contributed by atoms with van der Waals surface area (Å²) >= 11 is 2.05. The number of carbonyl (C=O) groups is 1. The molecule has 44 heavy (non-hydrogen) atoms. The van der Waals surface area contributed by atoms with Gasteiger partial charge in [0.2, 0.25) is 6.79 Å². The number of aryl methyl sites for hydroxylation is 1. The third kappa shape index (κ3) is 5.42. The molecule has 0 aliphatic carbocycles. The first-order chi connectivity index (χ1) is 21.1. The maximum absolute atomic E-state index is 13.9. The lowest BCUT2D eigenvalue weighted by Crippen LogP contribution is -2.39. The molecule has 6 rings (SSSR count). The largest absolute Gasteiger partial charge is 0.463 e. The third-order valence-corrected chi connectivity index (χ3v) is 8.70. The number of benzene rings is 2. The zero-order chi connectivity index (χ0) is 31.1. The highest BCUT2D eigenvalue weighted by Crippen LogP contribution is 2.38. The molecule has 0 saturated carbocycles. The summed E-state index contributed by atoms with van der Waals surface area (Å²) in [6.07, 6.45) is 1.54. The smallest absolute Gasteiger partial charge is 0.338 e. The molecule has 0 bridgehead atoms. The molecule has 2 aromatic heterocycles. The van der Waals surface area contributed by atoms with E-state index in [0.717, 1.165) is 23.1 Å². The molecule has 4 aromatic rings. The second-order valence-electron chi connectivity index (χ2n) is 9.69. The summed E-state index contributed by atoms with van der Waals surface area (Å²) in [5.74, 6) is 0.434. The fraction of sp³-hybridized carbons (Fsp3) is 0.207. The monoisotopic (exact) mass is 633 g/mol. The van der Waals surface area contributed by atoms with E-state index in [1.807, 2.05) is 0 Å². The number of nitrogens with one attached hydrogen (secondary N) is 1. The van der Waals surface area contributed by atoms with E-state index in [0.29, 0.717) is 38.8 Å². The van der Waals surface area contributed by atoms with Crippen molar-refractivity contribution in [3.8, 4) is 11.5 Å². The van der Waals surface area contributed by atoms with E-state index < -0.39 is 22.5 Å². The molecular formula is C29H23N5O8S2. The van der Waals surface area contributed by atoms with Crippen LogP contribution in [0.15, 0.2) is 78.4 Å². The van der Waals surface area contributed by atoms with Gasteiger partial charge in [0.1, 0.15) is 0 Å². The van der Waals surface area contributed by atoms with Gasteiger partial charge in [0.05, 0.1) is 38.3 Å². The number of thiazole rings is 1. The number of hydrogen-bond acceptors (Lipinski definition) is 12. The number of nitro benzene ring substituents is 1. The molecule has 13 nitrogen and oxygen atoms in total. The van der Waals surface area contributed by atoms with Crippen molar-refractivity contribution in [2.75, 3.05) is 13.4 Å². The minimum absolute atomic E-state index is 0.0595. The Morgan fingerprint density at radius 1 is 1.20 bits per heavy atom. The van der Waals surface area contributed by atoms with Gasteiger partial charge in [-0.1, -0.05) is 23.5 Å². The number of rotatable bonds is 7. The van der Waals surface area contributed by atoms with Gasteiger partial charge >= 0.3 is 5.97 Å². The van der Waals surface area contributed by atoms with Crippen molar-refractivity contribution < 1.29 is 23.9 Å². The molecule has 2 aliphatic heterocycles. The lowest BCUT2D eigenvalue weighted by molar-refractivity contribution is -0.387. The number of ether oxygens (including phenoxy) is 3. The highest BCUT2D eigenvalue weighted by atomic mass is 32.2. The Hall–Kier alpha value is -5.02. The van der Waals surface area contributed by atoms with Gasteiger partial charge in [-0.15, -0.1) is 0 Å². The fourth-order valence-electron chi connectivity index (χ4n) is 4.90. The molecule has 2 aliphatic rings. The maximum Gasteiger partial charge on any atom is 0.338 e. The second kappa shape index (κ2) is 11.6. The first kappa shape index (κ1) is 29.1. The number of H-pyrrole nitrogens is 1. The van der Waals surface area contributed by atoms with Gasteiger partial charge in [0.15, 0.2) is 21.5 Å². The zero-order valence-corrected chi connectivity index (χ0v) is 25.1. The molecule has 224 valence electrons. The van der Waals surface area contributed by atoms with Gasteiger partial charge in [0.25, 0.3) is 16.8 Å². The van der Waals surface area contributed by atoms with Crippen LogP contribution in [0.25, 0.3) is 6.08 Å². The molecule has 0 saturated heterocycles. The highest BCUT2D eigenvalue weighted by Gasteiger charge is 2.34. The van der Waals surface area contributed by atoms with Crippen LogP contribution in [0.1, 0.15) is 36.7 Å². The summed E-state index contributed by atoms with van der Waals surface area (Å²) in [6, 6.07) is 10.2. The Labute approximate surface area is 256 Å². The number of esters is 1. The first-order valence-electron chi connectivity index (χ1n) is 13.3. The average Bonchev–Trinajstić information content (AvgIpc) is 3.56. The van der Waals surface area contributed by atoms with E-state index in [4.69, 9.17) is 14.2 Å². The SMILES string of the molecule is CCOC(=O)C1=C(C)N=c2s/c(=C/c3ccc(Sc4nc(C)cc(=O)[nH]4)c([N+](=O)[O-])c3)c(=O)n2[C@@H]1c1ccc2c(c1)OCO2. The predicted octanol–water partition coefficient (Wildman–Crippen LogP) is 2.98. The number of carbonyl (C=O) groups excluding carboxylic acids is 1. The van der Waals surface area contributed by atoms with Crippen molar-refractivity contribution >= 4 is 40.8 Å². The highest BCUT2D eigenvalue weighted by molar-refractivity contribution is 7.99. The van der Waals surface area contributed by atoms with E-state index in [-0.39, 0.29) is 44.8 Å². The molecule has 0 spiro atoms. The van der Waals surface area contributed by atoms with E-state index in [1.54, 1.807) is 45.0 Å². The van der Waals surface area contributed by atoms with Crippen molar-refractivity contribution in [2.24, 2.45) is 4.99 Å². The van der Waals surface area contributed by atoms with Crippen LogP contribution in [0.3, 0.4) is 0 Å². The second-order valence-corrected chi connectivity index (χ2v) is 11.7. The summed E-state index contributed by atoms with van der Waals surface area (Å²) in [5, 5.41) is 12.2. The average molecular weight is 634 g/mol. The van der Waals surface area contributed by atoms with Gasteiger partial charge in [-0.05, 0) is 67.9 Å². The lowest BCUT2D eigenvalue weighted by atomic mass is 9.95. The number of allylic oxidation sites excluding steroid dienone is 1.